The van der Waals surface area contributed by atoms with Crippen LogP contribution in [0.5, 0.6) is 0 Å². The summed E-state index contributed by atoms with van der Waals surface area (Å²) < 4.78 is 24.2. The van der Waals surface area contributed by atoms with E-state index < -0.39 is 14.8 Å². The van der Waals surface area contributed by atoms with E-state index in [4.69, 9.17) is 0 Å². The van der Waals surface area contributed by atoms with Crippen molar-refractivity contribution in [3.8, 4) is 0 Å². The Labute approximate surface area is 135 Å². The van der Waals surface area contributed by atoms with Gasteiger partial charge in [-0.1, -0.05) is 6.92 Å². The Morgan fingerprint density at radius 3 is 2.57 bits per heavy atom. The predicted octanol–water partition coefficient (Wildman–Crippen LogP) is 0.423. The van der Waals surface area contributed by atoms with Crippen molar-refractivity contribution in [2.75, 3.05) is 43.0 Å². The minimum absolute atomic E-state index is 0.0408. The molecule has 0 bridgehead atoms. The van der Waals surface area contributed by atoms with Gasteiger partial charge in [0.25, 0.3) is 0 Å². The molecule has 1 N–H and O–H groups in total. The number of rotatable bonds is 7. The second-order valence-electron chi connectivity index (χ2n) is 5.65. The van der Waals surface area contributed by atoms with Crippen LogP contribution in [0.15, 0.2) is 0 Å². The first kappa shape index (κ1) is 17.7. The van der Waals surface area contributed by atoms with E-state index in [1.165, 1.54) is 4.68 Å². The Kier molecular flexibility index (Phi) is 5.58. The van der Waals surface area contributed by atoms with Crippen LogP contribution >= 0.6 is 0 Å². The van der Waals surface area contributed by atoms with Crippen LogP contribution in [0.4, 0.5) is 11.5 Å². The number of hydrogen-bond acceptors (Lipinski definition) is 7. The van der Waals surface area contributed by atoms with E-state index in [9.17, 15) is 18.5 Å². The maximum absolute atomic E-state index is 11.4. The average molecular weight is 345 g/mol. The fraction of sp³-hybridized carbons (Fsp3) is 0.769. The van der Waals surface area contributed by atoms with Gasteiger partial charge in [-0.25, -0.2) is 13.1 Å². The zero-order valence-corrected chi connectivity index (χ0v) is 14.3. The molecule has 2 rings (SSSR count). The summed E-state index contributed by atoms with van der Waals surface area (Å²) in [7, 11) is -1.17. The first-order valence-electron chi connectivity index (χ1n) is 7.71. The maximum Gasteiger partial charge on any atom is 0.333 e. The van der Waals surface area contributed by atoms with Crippen molar-refractivity contribution in [2.24, 2.45) is 7.05 Å². The first-order valence-corrected chi connectivity index (χ1v) is 9.53. The van der Waals surface area contributed by atoms with Gasteiger partial charge in [-0.05, 0) is 19.4 Å². The lowest BCUT2D eigenvalue weighted by Crippen LogP contribution is -2.41. The summed E-state index contributed by atoms with van der Waals surface area (Å²) in [5.74, 6) is 0.856. The lowest BCUT2D eigenvalue weighted by Gasteiger charge is -2.26. The average Bonchev–Trinajstić information content (AvgIpc) is 2.81. The van der Waals surface area contributed by atoms with Crippen LogP contribution in [0.25, 0.3) is 0 Å². The smallest absolute Gasteiger partial charge is 0.333 e. The normalized spacial score (nSPS) is 18.0. The fourth-order valence-corrected chi connectivity index (χ4v) is 3.96. The topological polar surface area (TPSA) is 110 Å². The lowest BCUT2D eigenvalue weighted by atomic mass is 10.3. The molecule has 1 saturated heterocycles. The summed E-state index contributed by atoms with van der Waals surface area (Å²) in [6, 6.07) is 0. The molecule has 0 saturated carbocycles. The van der Waals surface area contributed by atoms with Crippen LogP contribution in [0, 0.1) is 10.1 Å². The Morgan fingerprint density at radius 2 is 2.00 bits per heavy atom. The van der Waals surface area contributed by atoms with Crippen LogP contribution < -0.4 is 5.32 Å². The minimum Gasteiger partial charge on any atom is -0.364 e. The zero-order chi connectivity index (χ0) is 17.0. The lowest BCUT2D eigenvalue weighted by molar-refractivity contribution is -0.384. The fourth-order valence-electron chi connectivity index (χ4n) is 2.68. The third-order valence-electron chi connectivity index (χ3n) is 3.99. The summed E-state index contributed by atoms with van der Waals surface area (Å²) >= 11 is 0. The van der Waals surface area contributed by atoms with Crippen molar-refractivity contribution in [3.05, 3.63) is 15.8 Å². The standard InChI is InChI=1S/C13H23N5O4S/c1-3-11-12(18(19)20)13(16(2)15-11)14-5-4-6-17-7-9-23(21,22)10-8-17/h14H,3-10H2,1-2H3. The van der Waals surface area contributed by atoms with Crippen molar-refractivity contribution in [2.45, 2.75) is 19.8 Å². The summed E-state index contributed by atoms with van der Waals surface area (Å²) in [6.45, 7) is 4.31. The SMILES string of the molecule is CCc1nn(C)c(NCCCN2CCS(=O)(=O)CC2)c1[N+](=O)[O-]. The molecule has 2 heterocycles. The van der Waals surface area contributed by atoms with Crippen LogP contribution in [-0.2, 0) is 23.3 Å². The molecule has 9 nitrogen and oxygen atoms in total. The number of anilines is 1. The molecule has 1 fully saturated rings. The van der Waals surface area contributed by atoms with E-state index in [1.807, 2.05) is 6.92 Å². The second-order valence-corrected chi connectivity index (χ2v) is 7.96. The zero-order valence-electron chi connectivity index (χ0n) is 13.5. The van der Waals surface area contributed by atoms with Gasteiger partial charge in [-0.15, -0.1) is 0 Å². The van der Waals surface area contributed by atoms with E-state index in [1.54, 1.807) is 7.05 Å². The Hall–Kier alpha value is -1.68. The van der Waals surface area contributed by atoms with Crippen LogP contribution in [0.3, 0.4) is 0 Å². The molecule has 130 valence electrons. The Balaban J connectivity index is 1.85. The molecular formula is C13H23N5O4S. The van der Waals surface area contributed by atoms with Gasteiger partial charge in [0.15, 0.2) is 9.84 Å². The summed E-state index contributed by atoms with van der Waals surface area (Å²) in [5.41, 5.74) is 0.514. The van der Waals surface area contributed by atoms with Gasteiger partial charge in [-0.3, -0.25) is 10.1 Å². The second kappa shape index (κ2) is 7.26. The van der Waals surface area contributed by atoms with Crippen molar-refractivity contribution >= 4 is 21.3 Å². The molecule has 0 amide bonds. The van der Waals surface area contributed by atoms with Gasteiger partial charge < -0.3 is 10.2 Å². The molecule has 0 unspecified atom stereocenters. The number of sulfone groups is 1. The summed E-state index contributed by atoms with van der Waals surface area (Å²) in [4.78, 5) is 12.9. The highest BCUT2D eigenvalue weighted by Gasteiger charge is 2.25. The number of nitrogens with one attached hydrogen (secondary N) is 1. The van der Waals surface area contributed by atoms with Gasteiger partial charge in [0.1, 0.15) is 5.69 Å². The molecule has 23 heavy (non-hydrogen) atoms. The van der Waals surface area contributed by atoms with Crippen molar-refractivity contribution in [1.29, 1.82) is 0 Å². The molecule has 1 aromatic rings. The Bertz CT molecular complexity index is 656. The number of hydrogen-bond donors (Lipinski definition) is 1. The highest BCUT2D eigenvalue weighted by Crippen LogP contribution is 2.28. The predicted molar refractivity (Wildman–Crippen MR) is 87.4 cm³/mol. The largest absolute Gasteiger partial charge is 0.364 e. The number of nitrogens with zero attached hydrogens (tertiary/aromatic N) is 4. The van der Waals surface area contributed by atoms with Crippen LogP contribution in [0.1, 0.15) is 19.0 Å². The number of aryl methyl sites for hydroxylation is 2. The van der Waals surface area contributed by atoms with E-state index in [0.717, 1.165) is 13.0 Å². The molecule has 0 aromatic carbocycles. The quantitative estimate of drug-likeness (QED) is 0.433. The Morgan fingerprint density at radius 1 is 1.35 bits per heavy atom. The van der Waals surface area contributed by atoms with Crippen molar-refractivity contribution in [3.63, 3.8) is 0 Å². The van der Waals surface area contributed by atoms with Crippen LogP contribution in [0.2, 0.25) is 0 Å². The van der Waals surface area contributed by atoms with Gasteiger partial charge in [0.2, 0.25) is 5.82 Å². The summed E-state index contributed by atoms with van der Waals surface area (Å²) in [5, 5.41) is 18.5. The number of aromatic nitrogens is 2. The van der Waals surface area contributed by atoms with Gasteiger partial charge in [-0.2, -0.15) is 5.10 Å². The van der Waals surface area contributed by atoms with Gasteiger partial charge in [0, 0.05) is 26.7 Å². The van der Waals surface area contributed by atoms with E-state index in [2.05, 4.69) is 15.3 Å². The maximum atomic E-state index is 11.4. The van der Waals surface area contributed by atoms with E-state index >= 15 is 0 Å². The van der Waals surface area contributed by atoms with Crippen LogP contribution in [-0.4, -0.2) is 65.7 Å². The molecule has 0 atom stereocenters. The molecule has 0 aliphatic carbocycles. The monoisotopic (exact) mass is 345 g/mol. The third kappa shape index (κ3) is 4.41. The molecular weight excluding hydrogens is 322 g/mol. The molecule has 1 aliphatic rings. The van der Waals surface area contributed by atoms with Gasteiger partial charge >= 0.3 is 5.69 Å². The van der Waals surface area contributed by atoms with E-state index in [0.29, 0.717) is 37.6 Å². The van der Waals surface area contributed by atoms with Crippen molar-refractivity contribution < 1.29 is 13.3 Å². The minimum atomic E-state index is -2.85. The summed E-state index contributed by atoms with van der Waals surface area (Å²) in [6.07, 6.45) is 1.29. The molecule has 10 heteroatoms. The van der Waals surface area contributed by atoms with E-state index in [-0.39, 0.29) is 17.2 Å². The molecule has 1 aliphatic heterocycles. The molecule has 0 spiro atoms. The molecule has 0 radical (unpaired) electrons. The first-order chi connectivity index (χ1) is 10.8. The van der Waals surface area contributed by atoms with Gasteiger partial charge in [0.05, 0.1) is 16.4 Å². The highest BCUT2D eigenvalue weighted by molar-refractivity contribution is 7.91. The third-order valence-corrected chi connectivity index (χ3v) is 5.60. The highest BCUT2D eigenvalue weighted by atomic mass is 32.2. The number of nitro groups is 1. The van der Waals surface area contributed by atoms with Crippen molar-refractivity contribution in [1.82, 2.24) is 14.7 Å². The molecule has 1 aromatic heterocycles.